The van der Waals surface area contributed by atoms with Crippen LogP contribution >= 0.6 is 11.6 Å². The van der Waals surface area contributed by atoms with E-state index in [0.717, 1.165) is 17.0 Å². The van der Waals surface area contributed by atoms with Gasteiger partial charge in [0.05, 0.1) is 15.7 Å². The first-order valence-corrected chi connectivity index (χ1v) is 7.31. The third-order valence-corrected chi connectivity index (χ3v) is 4.35. The molecule has 0 saturated carbocycles. The van der Waals surface area contributed by atoms with Crippen LogP contribution in [0.1, 0.15) is 45.7 Å². The van der Waals surface area contributed by atoms with Crippen LogP contribution in [0.2, 0.25) is 5.02 Å². The van der Waals surface area contributed by atoms with Crippen LogP contribution in [0.3, 0.4) is 0 Å². The Morgan fingerprint density at radius 3 is 2.24 bits per heavy atom. The molecule has 2 nitrogen and oxygen atoms in total. The number of hydrogen-bond donors (Lipinski definition) is 1. The molecule has 1 rings (SSSR count). The van der Waals surface area contributed by atoms with Crippen LogP contribution < -0.4 is 4.72 Å². The fraction of sp³-hybridized carbons (Fsp3) is 0.538. The Labute approximate surface area is 111 Å². The molecule has 0 heterocycles. The third kappa shape index (κ3) is 4.41. The van der Waals surface area contributed by atoms with Gasteiger partial charge in [-0.05, 0) is 44.9 Å². The SMILES string of the molecule is CC[C@H](N[S@](=O)C(C)(C)C)c1ccc(Cl)cc1. The van der Waals surface area contributed by atoms with Gasteiger partial charge in [0.1, 0.15) is 0 Å². The van der Waals surface area contributed by atoms with Gasteiger partial charge >= 0.3 is 0 Å². The van der Waals surface area contributed by atoms with Gasteiger partial charge in [-0.3, -0.25) is 0 Å². The maximum absolute atomic E-state index is 12.0. The van der Waals surface area contributed by atoms with Gasteiger partial charge in [0.2, 0.25) is 0 Å². The van der Waals surface area contributed by atoms with Crippen molar-refractivity contribution >= 4 is 22.6 Å². The zero-order chi connectivity index (χ0) is 13.1. The number of hydrogen-bond acceptors (Lipinski definition) is 1. The van der Waals surface area contributed by atoms with Crippen molar-refractivity contribution in [2.75, 3.05) is 0 Å². The van der Waals surface area contributed by atoms with E-state index in [1.54, 1.807) is 0 Å². The molecule has 1 aromatic carbocycles. The second-order valence-electron chi connectivity index (χ2n) is 5.01. The topological polar surface area (TPSA) is 29.1 Å². The van der Waals surface area contributed by atoms with E-state index < -0.39 is 11.0 Å². The summed E-state index contributed by atoms with van der Waals surface area (Å²) in [7, 11) is -1.06. The standard InChI is InChI=1S/C13H20ClNOS/c1-5-12(15-17(16)13(2,3)4)10-6-8-11(14)9-7-10/h6-9,12,15H,5H2,1-4H3/t12-,17+/m0/s1. The van der Waals surface area contributed by atoms with Gasteiger partial charge in [0.25, 0.3) is 0 Å². The highest BCUT2D eigenvalue weighted by Gasteiger charge is 2.22. The predicted molar refractivity (Wildman–Crippen MR) is 75.5 cm³/mol. The molecule has 0 spiro atoms. The van der Waals surface area contributed by atoms with E-state index in [1.807, 2.05) is 45.0 Å². The second-order valence-corrected chi connectivity index (χ2v) is 7.45. The molecule has 0 unspecified atom stereocenters. The number of halogens is 1. The molecule has 0 fully saturated rings. The van der Waals surface area contributed by atoms with Gasteiger partial charge in [0.15, 0.2) is 0 Å². The Hall–Kier alpha value is -0.380. The second kappa shape index (κ2) is 5.98. The minimum Gasteiger partial charge on any atom is -0.242 e. The van der Waals surface area contributed by atoms with E-state index in [2.05, 4.69) is 11.6 Å². The normalized spacial score (nSPS) is 15.6. The van der Waals surface area contributed by atoms with Crippen LogP contribution in [0.25, 0.3) is 0 Å². The molecule has 0 bridgehead atoms. The van der Waals surface area contributed by atoms with E-state index in [9.17, 15) is 4.21 Å². The highest BCUT2D eigenvalue weighted by atomic mass is 35.5. The molecule has 0 radical (unpaired) electrons. The number of benzene rings is 1. The van der Waals surface area contributed by atoms with Crippen LogP contribution in [-0.4, -0.2) is 8.96 Å². The Morgan fingerprint density at radius 1 is 1.29 bits per heavy atom. The minimum atomic E-state index is -1.06. The van der Waals surface area contributed by atoms with Crippen LogP contribution in [0, 0.1) is 0 Å². The van der Waals surface area contributed by atoms with E-state index >= 15 is 0 Å². The van der Waals surface area contributed by atoms with Crippen molar-refractivity contribution in [2.24, 2.45) is 0 Å². The highest BCUT2D eigenvalue weighted by Crippen LogP contribution is 2.21. The van der Waals surface area contributed by atoms with Crippen LogP contribution in [0.15, 0.2) is 24.3 Å². The average molecular weight is 274 g/mol. The molecule has 1 aromatic rings. The maximum atomic E-state index is 12.0. The summed E-state index contributed by atoms with van der Waals surface area (Å²) < 4.78 is 15.0. The van der Waals surface area contributed by atoms with Crippen LogP contribution in [0.5, 0.6) is 0 Å². The van der Waals surface area contributed by atoms with Gasteiger partial charge in [0, 0.05) is 11.1 Å². The molecule has 4 heteroatoms. The lowest BCUT2D eigenvalue weighted by atomic mass is 10.1. The molecule has 0 aliphatic heterocycles. The zero-order valence-electron chi connectivity index (χ0n) is 10.8. The summed E-state index contributed by atoms with van der Waals surface area (Å²) in [4.78, 5) is 0. The summed E-state index contributed by atoms with van der Waals surface area (Å²) >= 11 is 5.86. The van der Waals surface area contributed by atoms with Crippen molar-refractivity contribution in [3.05, 3.63) is 34.9 Å². The van der Waals surface area contributed by atoms with Gasteiger partial charge in [-0.25, -0.2) is 8.93 Å². The van der Waals surface area contributed by atoms with Crippen molar-refractivity contribution in [3.8, 4) is 0 Å². The molecule has 96 valence electrons. The quantitative estimate of drug-likeness (QED) is 0.887. The lowest BCUT2D eigenvalue weighted by Crippen LogP contribution is -2.35. The first-order chi connectivity index (χ1) is 7.84. The summed E-state index contributed by atoms with van der Waals surface area (Å²) in [6, 6.07) is 7.78. The molecular weight excluding hydrogens is 254 g/mol. The van der Waals surface area contributed by atoms with Crippen molar-refractivity contribution in [1.29, 1.82) is 0 Å². The summed E-state index contributed by atoms with van der Waals surface area (Å²) in [6.07, 6.45) is 0.892. The van der Waals surface area contributed by atoms with E-state index in [1.165, 1.54) is 0 Å². The summed E-state index contributed by atoms with van der Waals surface area (Å²) in [5.41, 5.74) is 1.12. The molecule has 0 saturated heterocycles. The van der Waals surface area contributed by atoms with Gasteiger partial charge in [-0.2, -0.15) is 0 Å². The summed E-state index contributed by atoms with van der Waals surface area (Å²) in [5.74, 6) is 0. The Bertz CT molecular complexity index is 383. The first kappa shape index (κ1) is 14.7. The number of rotatable bonds is 4. The lowest BCUT2D eigenvalue weighted by Gasteiger charge is -2.23. The van der Waals surface area contributed by atoms with E-state index in [4.69, 9.17) is 11.6 Å². The lowest BCUT2D eigenvalue weighted by molar-refractivity contribution is 0.589. The Morgan fingerprint density at radius 2 is 1.82 bits per heavy atom. The molecule has 0 aliphatic carbocycles. The van der Waals surface area contributed by atoms with Gasteiger partial charge < -0.3 is 0 Å². The Kier molecular flexibility index (Phi) is 5.17. The minimum absolute atomic E-state index is 0.104. The van der Waals surface area contributed by atoms with E-state index in [-0.39, 0.29) is 10.8 Å². The largest absolute Gasteiger partial charge is 0.242 e. The van der Waals surface area contributed by atoms with Crippen molar-refractivity contribution in [2.45, 2.75) is 44.9 Å². The number of nitrogens with one attached hydrogen (secondary N) is 1. The molecule has 0 aliphatic rings. The molecule has 2 atom stereocenters. The fourth-order valence-corrected chi connectivity index (χ4v) is 2.43. The van der Waals surface area contributed by atoms with Crippen molar-refractivity contribution in [3.63, 3.8) is 0 Å². The monoisotopic (exact) mass is 273 g/mol. The fourth-order valence-electron chi connectivity index (χ4n) is 1.39. The molecule has 17 heavy (non-hydrogen) atoms. The molecule has 0 amide bonds. The van der Waals surface area contributed by atoms with Crippen molar-refractivity contribution in [1.82, 2.24) is 4.72 Å². The van der Waals surface area contributed by atoms with Gasteiger partial charge in [-0.15, -0.1) is 0 Å². The molecular formula is C13H20ClNOS. The predicted octanol–water partition coefficient (Wildman–Crippen LogP) is 3.84. The highest BCUT2D eigenvalue weighted by molar-refractivity contribution is 7.84. The maximum Gasteiger partial charge on any atom is 0.0975 e. The molecule has 1 N–H and O–H groups in total. The van der Waals surface area contributed by atoms with Crippen LogP contribution in [0.4, 0.5) is 0 Å². The van der Waals surface area contributed by atoms with E-state index in [0.29, 0.717) is 0 Å². The smallest absolute Gasteiger partial charge is 0.0975 e. The molecule has 0 aromatic heterocycles. The van der Waals surface area contributed by atoms with Gasteiger partial charge in [-0.1, -0.05) is 30.7 Å². The zero-order valence-corrected chi connectivity index (χ0v) is 12.4. The third-order valence-electron chi connectivity index (χ3n) is 2.49. The Balaban J connectivity index is 2.79. The summed E-state index contributed by atoms with van der Waals surface area (Å²) in [6.45, 7) is 7.96. The average Bonchev–Trinajstić information content (AvgIpc) is 2.25. The van der Waals surface area contributed by atoms with Crippen molar-refractivity contribution < 1.29 is 4.21 Å². The first-order valence-electron chi connectivity index (χ1n) is 5.78. The summed E-state index contributed by atoms with van der Waals surface area (Å²) in [5, 5.41) is 0.723. The van der Waals surface area contributed by atoms with Crippen LogP contribution in [-0.2, 0) is 11.0 Å².